The van der Waals surface area contributed by atoms with Gasteiger partial charge < -0.3 is 0 Å². The predicted molar refractivity (Wildman–Crippen MR) is 112 cm³/mol. The van der Waals surface area contributed by atoms with E-state index in [-0.39, 0.29) is 17.7 Å². The molecule has 1 aliphatic heterocycles. The van der Waals surface area contributed by atoms with E-state index in [4.69, 9.17) is 0 Å². The summed E-state index contributed by atoms with van der Waals surface area (Å²) < 4.78 is 53.6. The highest BCUT2D eigenvalue weighted by atomic mass is 32.2. The third kappa shape index (κ3) is 4.70. The van der Waals surface area contributed by atoms with Crippen LogP contribution in [0.5, 0.6) is 0 Å². The summed E-state index contributed by atoms with van der Waals surface area (Å²) in [6.07, 6.45) is -0.611. The molecule has 1 heterocycles. The van der Waals surface area contributed by atoms with Crippen LogP contribution in [-0.2, 0) is 16.6 Å². The lowest BCUT2D eigenvalue weighted by atomic mass is 9.74. The van der Waals surface area contributed by atoms with Gasteiger partial charge in [-0.05, 0) is 24.6 Å². The van der Waals surface area contributed by atoms with Crippen LogP contribution < -0.4 is 4.83 Å². The van der Waals surface area contributed by atoms with E-state index in [0.717, 1.165) is 11.1 Å². The van der Waals surface area contributed by atoms with Crippen molar-refractivity contribution in [3.05, 3.63) is 65.7 Å². The number of likely N-dealkylation sites (tertiary alicyclic amines) is 1. The molecule has 0 spiro atoms. The van der Waals surface area contributed by atoms with Crippen molar-refractivity contribution in [3.63, 3.8) is 0 Å². The molecule has 2 atom stereocenters. The first-order valence-electron chi connectivity index (χ1n) is 10.0. The molecule has 2 aromatic rings. The first kappa shape index (κ1) is 20.9. The van der Waals surface area contributed by atoms with E-state index in [0.29, 0.717) is 25.3 Å². The largest absolute Gasteiger partial charge is 0.298 e. The maximum absolute atomic E-state index is 14.2. The van der Waals surface area contributed by atoms with Crippen LogP contribution in [0.1, 0.15) is 24.0 Å². The second-order valence-corrected chi connectivity index (χ2v) is 9.94. The number of hydrazone groups is 1. The van der Waals surface area contributed by atoms with Gasteiger partial charge in [0.25, 0.3) is 10.0 Å². The maximum atomic E-state index is 14.2. The molecule has 1 saturated carbocycles. The molecule has 2 aliphatic rings. The van der Waals surface area contributed by atoms with E-state index in [1.807, 2.05) is 37.3 Å². The van der Waals surface area contributed by atoms with Crippen LogP contribution >= 0.6 is 0 Å². The molecule has 2 bridgehead atoms. The van der Waals surface area contributed by atoms with Gasteiger partial charge in [0.15, 0.2) is 0 Å². The predicted octanol–water partition coefficient (Wildman–Crippen LogP) is 3.81. The first-order valence-corrected chi connectivity index (χ1v) is 11.5. The zero-order valence-corrected chi connectivity index (χ0v) is 17.6. The van der Waals surface area contributed by atoms with Gasteiger partial charge in [-0.1, -0.05) is 48.0 Å². The van der Waals surface area contributed by atoms with Crippen LogP contribution in [0.15, 0.2) is 64.6 Å². The maximum Gasteiger partial charge on any atom is 0.276 e. The summed E-state index contributed by atoms with van der Waals surface area (Å²) in [4.78, 5) is 4.55. The molecule has 2 unspecified atom stereocenters. The van der Waals surface area contributed by atoms with Gasteiger partial charge in [0, 0.05) is 50.0 Å². The molecule has 1 aliphatic carbocycles. The van der Waals surface area contributed by atoms with Crippen molar-refractivity contribution < 1.29 is 17.2 Å². The van der Waals surface area contributed by atoms with E-state index >= 15 is 0 Å². The summed E-state index contributed by atoms with van der Waals surface area (Å²) in [6.45, 7) is 3.43. The fourth-order valence-corrected chi connectivity index (χ4v) is 5.22. The van der Waals surface area contributed by atoms with E-state index in [1.54, 1.807) is 12.1 Å². The number of alkyl halides is 2. The molecule has 5 nitrogen and oxygen atoms in total. The highest BCUT2D eigenvalue weighted by Gasteiger charge is 2.48. The van der Waals surface area contributed by atoms with Crippen molar-refractivity contribution in [2.45, 2.75) is 37.1 Å². The van der Waals surface area contributed by atoms with Crippen LogP contribution in [0.2, 0.25) is 0 Å². The van der Waals surface area contributed by atoms with Crippen molar-refractivity contribution in [1.82, 2.24) is 9.73 Å². The molecule has 4 rings (SSSR count). The van der Waals surface area contributed by atoms with Crippen LogP contribution in [0.25, 0.3) is 0 Å². The number of sulfonamides is 1. The Morgan fingerprint density at radius 1 is 1.03 bits per heavy atom. The minimum absolute atomic E-state index is 0.106. The lowest BCUT2D eigenvalue weighted by Crippen LogP contribution is -2.53. The van der Waals surface area contributed by atoms with Gasteiger partial charge in [0.05, 0.1) is 4.90 Å². The lowest BCUT2D eigenvalue weighted by molar-refractivity contribution is -0.0608. The van der Waals surface area contributed by atoms with Gasteiger partial charge in [-0.25, -0.2) is 13.6 Å². The molecule has 0 aromatic heterocycles. The van der Waals surface area contributed by atoms with Crippen LogP contribution in [0, 0.1) is 18.8 Å². The topological polar surface area (TPSA) is 61.8 Å². The summed E-state index contributed by atoms with van der Waals surface area (Å²) in [5.74, 6) is -3.70. The van der Waals surface area contributed by atoms with Crippen molar-refractivity contribution >= 4 is 15.7 Å². The number of hydrogen-bond donors (Lipinski definition) is 1. The van der Waals surface area contributed by atoms with Crippen molar-refractivity contribution in [2.75, 3.05) is 13.1 Å². The molecule has 0 radical (unpaired) electrons. The second-order valence-electron chi connectivity index (χ2n) is 8.28. The number of hydrogen-bond acceptors (Lipinski definition) is 4. The summed E-state index contributed by atoms with van der Waals surface area (Å²) in [7, 11) is -3.84. The highest BCUT2D eigenvalue weighted by Crippen LogP contribution is 2.42. The van der Waals surface area contributed by atoms with Gasteiger partial charge in [0.2, 0.25) is 5.92 Å². The lowest BCUT2D eigenvalue weighted by Gasteiger charge is -2.45. The van der Waals surface area contributed by atoms with Gasteiger partial charge in [-0.2, -0.15) is 13.5 Å². The number of piperidine rings is 1. The average Bonchev–Trinajstić information content (AvgIpc) is 2.67. The zero-order chi connectivity index (χ0) is 21.4. The molecule has 8 heteroatoms. The van der Waals surface area contributed by atoms with Gasteiger partial charge in [-0.3, -0.25) is 4.90 Å². The van der Waals surface area contributed by atoms with E-state index in [2.05, 4.69) is 14.8 Å². The molecular weight excluding hydrogens is 408 g/mol. The van der Waals surface area contributed by atoms with E-state index in [1.165, 1.54) is 12.1 Å². The molecule has 1 N–H and O–H groups in total. The van der Waals surface area contributed by atoms with E-state index in [9.17, 15) is 17.2 Å². The number of nitrogens with zero attached hydrogens (tertiary/aromatic N) is 2. The average molecular weight is 434 g/mol. The monoisotopic (exact) mass is 433 g/mol. The zero-order valence-electron chi connectivity index (χ0n) is 16.8. The van der Waals surface area contributed by atoms with Crippen molar-refractivity contribution in [1.29, 1.82) is 0 Å². The highest BCUT2D eigenvalue weighted by molar-refractivity contribution is 7.89. The first-order chi connectivity index (χ1) is 14.2. The molecule has 1 saturated heterocycles. The Hall–Kier alpha value is -2.32. The quantitative estimate of drug-likeness (QED) is 0.730. The standard InChI is InChI=1S/C22H25F2N3O2S/c1-16-7-9-20(10-8-16)30(28,29)26-25-21-18-11-22(23,24)12-19(21)15-27(14-18)13-17-5-3-2-4-6-17/h2-10,18-19,26H,11-15H2,1H3. The molecule has 30 heavy (non-hydrogen) atoms. The summed E-state index contributed by atoms with van der Waals surface area (Å²) in [6, 6.07) is 16.3. The Labute approximate surface area is 175 Å². The summed E-state index contributed by atoms with van der Waals surface area (Å²) >= 11 is 0. The Bertz CT molecular complexity index is 1000. The smallest absolute Gasteiger partial charge is 0.276 e. The summed E-state index contributed by atoms with van der Waals surface area (Å²) in [5, 5.41) is 4.16. The SMILES string of the molecule is Cc1ccc(S(=O)(=O)NN=C2C3CN(Cc4ccccc4)CC2CC(F)(F)C3)cc1. The minimum Gasteiger partial charge on any atom is -0.298 e. The number of fused-ring (bicyclic) bond motifs is 2. The molecule has 0 amide bonds. The summed E-state index contributed by atoms with van der Waals surface area (Å²) in [5.41, 5.74) is 2.62. The number of rotatable bonds is 5. The molecule has 160 valence electrons. The fourth-order valence-electron chi connectivity index (χ4n) is 4.40. The Morgan fingerprint density at radius 2 is 1.63 bits per heavy atom. The fraction of sp³-hybridized carbons (Fsp3) is 0.409. The normalized spacial score (nSPS) is 23.8. The van der Waals surface area contributed by atoms with Crippen LogP contribution in [-0.4, -0.2) is 38.0 Å². The molecule has 2 fully saturated rings. The number of nitrogens with one attached hydrogen (secondary N) is 1. The van der Waals surface area contributed by atoms with Crippen molar-refractivity contribution in [3.8, 4) is 0 Å². The second kappa shape index (κ2) is 8.07. The van der Waals surface area contributed by atoms with Gasteiger partial charge in [0.1, 0.15) is 0 Å². The number of benzene rings is 2. The van der Waals surface area contributed by atoms with Gasteiger partial charge in [-0.15, -0.1) is 0 Å². The Kier molecular flexibility index (Phi) is 5.63. The number of aryl methyl sites for hydroxylation is 1. The van der Waals surface area contributed by atoms with Crippen molar-refractivity contribution in [2.24, 2.45) is 16.9 Å². The third-order valence-corrected chi connectivity index (χ3v) is 6.98. The number of halogens is 2. The Morgan fingerprint density at radius 3 is 2.23 bits per heavy atom. The van der Waals surface area contributed by atoms with Crippen LogP contribution in [0.3, 0.4) is 0 Å². The van der Waals surface area contributed by atoms with Gasteiger partial charge >= 0.3 is 0 Å². The molecule has 2 aromatic carbocycles. The third-order valence-electron chi connectivity index (χ3n) is 5.76. The minimum atomic E-state index is -3.84. The molecular formula is C22H25F2N3O2S. The van der Waals surface area contributed by atoms with E-state index < -0.39 is 27.8 Å². The Balaban J connectivity index is 1.52. The van der Waals surface area contributed by atoms with Crippen LogP contribution in [0.4, 0.5) is 8.78 Å².